The van der Waals surface area contributed by atoms with Crippen LogP contribution in [-0.4, -0.2) is 16.6 Å². The summed E-state index contributed by atoms with van der Waals surface area (Å²) in [6.07, 6.45) is 3.89. The second-order valence-corrected chi connectivity index (χ2v) is 5.57. The molecule has 1 unspecified atom stereocenters. The molecule has 0 saturated heterocycles. The van der Waals surface area contributed by atoms with Crippen molar-refractivity contribution in [2.45, 2.75) is 44.6 Å². The van der Waals surface area contributed by atoms with E-state index in [1.807, 2.05) is 6.07 Å². The van der Waals surface area contributed by atoms with Gasteiger partial charge in [0.25, 0.3) is 0 Å². The fourth-order valence-electron chi connectivity index (χ4n) is 3.83. The first kappa shape index (κ1) is 11.4. The maximum Gasteiger partial charge on any atom is 0.220 e. The standard InChI is InChI=1S/C12H18N2O2/c1-11-4-2-5-12(16,7-13)9(11)8(3-6-11)10(14)15/h8-9,16H,2-6H2,1H3,(H2,14,15)/t8-,9-,11+,12?/m0/s1. The summed E-state index contributed by atoms with van der Waals surface area (Å²) in [6.45, 7) is 2.07. The highest BCUT2D eigenvalue weighted by atomic mass is 16.3. The Hall–Kier alpha value is -1.08. The van der Waals surface area contributed by atoms with Crippen LogP contribution in [0.2, 0.25) is 0 Å². The van der Waals surface area contributed by atoms with Crippen LogP contribution < -0.4 is 5.73 Å². The van der Waals surface area contributed by atoms with Gasteiger partial charge in [-0.15, -0.1) is 0 Å². The van der Waals surface area contributed by atoms with Crippen LogP contribution in [-0.2, 0) is 4.79 Å². The average Bonchev–Trinajstić information content (AvgIpc) is 2.57. The Morgan fingerprint density at radius 2 is 2.19 bits per heavy atom. The lowest BCUT2D eigenvalue weighted by Crippen LogP contribution is -2.51. The molecule has 0 aliphatic heterocycles. The van der Waals surface area contributed by atoms with Crippen LogP contribution in [0.25, 0.3) is 0 Å². The molecule has 2 rings (SSSR count). The lowest BCUT2D eigenvalue weighted by Gasteiger charge is -2.45. The molecule has 0 bridgehead atoms. The van der Waals surface area contributed by atoms with Crippen molar-refractivity contribution >= 4 is 5.91 Å². The number of amides is 1. The van der Waals surface area contributed by atoms with Gasteiger partial charge in [-0.25, -0.2) is 0 Å². The summed E-state index contributed by atoms with van der Waals surface area (Å²) in [5, 5.41) is 19.5. The summed E-state index contributed by atoms with van der Waals surface area (Å²) < 4.78 is 0. The van der Waals surface area contributed by atoms with Crippen LogP contribution in [0.3, 0.4) is 0 Å². The van der Waals surface area contributed by atoms with E-state index in [0.717, 1.165) is 19.3 Å². The second kappa shape index (κ2) is 3.46. The van der Waals surface area contributed by atoms with E-state index < -0.39 is 5.60 Å². The van der Waals surface area contributed by atoms with Crippen LogP contribution >= 0.6 is 0 Å². The number of aliphatic hydroxyl groups is 1. The van der Waals surface area contributed by atoms with Gasteiger partial charge in [0, 0.05) is 11.8 Å². The average molecular weight is 222 g/mol. The van der Waals surface area contributed by atoms with E-state index in [9.17, 15) is 9.90 Å². The molecule has 4 heteroatoms. The molecule has 2 fully saturated rings. The molecule has 2 saturated carbocycles. The van der Waals surface area contributed by atoms with Crippen molar-refractivity contribution in [2.75, 3.05) is 0 Å². The van der Waals surface area contributed by atoms with Gasteiger partial charge < -0.3 is 10.8 Å². The molecule has 2 aliphatic carbocycles. The number of nitrogens with zero attached hydrogens (tertiary/aromatic N) is 1. The van der Waals surface area contributed by atoms with Crippen LogP contribution in [0.15, 0.2) is 0 Å². The highest BCUT2D eigenvalue weighted by Gasteiger charge is 2.59. The molecule has 1 amide bonds. The van der Waals surface area contributed by atoms with Crippen molar-refractivity contribution in [3.63, 3.8) is 0 Å². The quantitative estimate of drug-likeness (QED) is 0.647. The third kappa shape index (κ3) is 1.42. The summed E-state index contributed by atoms with van der Waals surface area (Å²) in [5.74, 6) is -0.990. The predicted molar refractivity (Wildman–Crippen MR) is 57.9 cm³/mol. The summed E-state index contributed by atoms with van der Waals surface area (Å²) >= 11 is 0. The van der Waals surface area contributed by atoms with Crippen molar-refractivity contribution in [3.05, 3.63) is 0 Å². The molecule has 0 aromatic rings. The van der Waals surface area contributed by atoms with E-state index in [-0.39, 0.29) is 23.2 Å². The summed E-state index contributed by atoms with van der Waals surface area (Å²) in [5.41, 5.74) is 3.93. The Morgan fingerprint density at radius 3 is 2.75 bits per heavy atom. The third-order valence-corrected chi connectivity index (χ3v) is 4.56. The van der Waals surface area contributed by atoms with E-state index >= 15 is 0 Å². The van der Waals surface area contributed by atoms with E-state index in [1.54, 1.807) is 0 Å². The maximum atomic E-state index is 11.4. The van der Waals surface area contributed by atoms with Crippen LogP contribution in [0.1, 0.15) is 39.0 Å². The number of nitrogens with two attached hydrogens (primary N) is 1. The van der Waals surface area contributed by atoms with Gasteiger partial charge in [-0.2, -0.15) is 5.26 Å². The van der Waals surface area contributed by atoms with Crippen LogP contribution in [0, 0.1) is 28.6 Å². The molecule has 0 heterocycles. The minimum atomic E-state index is -1.36. The van der Waals surface area contributed by atoms with Crippen molar-refractivity contribution < 1.29 is 9.90 Å². The molecule has 0 aromatic carbocycles. The van der Waals surface area contributed by atoms with Crippen molar-refractivity contribution in [1.29, 1.82) is 5.26 Å². The van der Waals surface area contributed by atoms with Gasteiger partial charge in [0.2, 0.25) is 5.91 Å². The monoisotopic (exact) mass is 222 g/mol. The lowest BCUT2D eigenvalue weighted by molar-refractivity contribution is -0.130. The van der Waals surface area contributed by atoms with Crippen molar-refractivity contribution in [3.8, 4) is 6.07 Å². The van der Waals surface area contributed by atoms with E-state index in [2.05, 4.69) is 6.92 Å². The fourth-order valence-corrected chi connectivity index (χ4v) is 3.83. The molecule has 88 valence electrons. The number of carbonyl (C=O) groups excluding carboxylic acids is 1. The molecule has 4 nitrogen and oxygen atoms in total. The Morgan fingerprint density at radius 1 is 1.50 bits per heavy atom. The van der Waals surface area contributed by atoms with Crippen LogP contribution in [0.4, 0.5) is 0 Å². The first-order valence-corrected chi connectivity index (χ1v) is 5.86. The number of rotatable bonds is 1. The molecule has 0 aromatic heterocycles. The maximum absolute atomic E-state index is 11.4. The van der Waals surface area contributed by atoms with E-state index in [4.69, 9.17) is 11.0 Å². The molecular formula is C12H18N2O2. The summed E-state index contributed by atoms with van der Waals surface area (Å²) in [4.78, 5) is 11.4. The largest absolute Gasteiger partial charge is 0.375 e. The highest BCUT2D eigenvalue weighted by molar-refractivity contribution is 5.77. The smallest absolute Gasteiger partial charge is 0.220 e. The zero-order valence-corrected chi connectivity index (χ0v) is 9.57. The molecule has 3 N–H and O–H groups in total. The van der Waals surface area contributed by atoms with Gasteiger partial charge >= 0.3 is 0 Å². The number of fused-ring (bicyclic) bond motifs is 1. The first-order valence-electron chi connectivity index (χ1n) is 5.86. The number of primary amides is 1. The van der Waals surface area contributed by atoms with Crippen molar-refractivity contribution in [2.24, 2.45) is 23.0 Å². The van der Waals surface area contributed by atoms with Gasteiger partial charge in [0.15, 0.2) is 5.60 Å². The fraction of sp³-hybridized carbons (Fsp3) is 0.833. The normalized spacial score (nSPS) is 47.1. The molecule has 2 aliphatic rings. The first-order chi connectivity index (χ1) is 7.43. The van der Waals surface area contributed by atoms with Gasteiger partial charge in [-0.1, -0.05) is 6.92 Å². The zero-order valence-electron chi connectivity index (χ0n) is 9.57. The van der Waals surface area contributed by atoms with Gasteiger partial charge in [-0.3, -0.25) is 4.79 Å². The Labute approximate surface area is 95.4 Å². The van der Waals surface area contributed by atoms with Gasteiger partial charge in [0.1, 0.15) is 0 Å². The SMILES string of the molecule is C[C@]12CCCC(O)(C#N)[C@H]1[C@@H](C(N)=O)CC2. The van der Waals surface area contributed by atoms with Gasteiger partial charge in [-0.05, 0) is 37.5 Å². The minimum absolute atomic E-state index is 0.0948. The number of nitriles is 1. The molecule has 4 atom stereocenters. The number of carbonyl (C=O) groups is 1. The Bertz CT molecular complexity index is 363. The highest BCUT2D eigenvalue weighted by Crippen LogP contribution is 2.58. The number of hydrogen-bond acceptors (Lipinski definition) is 3. The molecule has 0 spiro atoms. The van der Waals surface area contributed by atoms with Crippen LogP contribution in [0.5, 0.6) is 0 Å². The molecule has 0 radical (unpaired) electrons. The van der Waals surface area contributed by atoms with Crippen molar-refractivity contribution in [1.82, 2.24) is 0 Å². The predicted octanol–water partition coefficient (Wildman–Crippen LogP) is 0.943. The third-order valence-electron chi connectivity index (χ3n) is 4.56. The number of hydrogen-bond donors (Lipinski definition) is 2. The Kier molecular flexibility index (Phi) is 2.47. The van der Waals surface area contributed by atoms with E-state index in [0.29, 0.717) is 12.8 Å². The van der Waals surface area contributed by atoms with E-state index in [1.165, 1.54) is 0 Å². The zero-order chi connectivity index (χ0) is 12.0. The Balaban J connectivity index is 2.40. The minimum Gasteiger partial charge on any atom is -0.375 e. The summed E-state index contributed by atoms with van der Waals surface area (Å²) in [7, 11) is 0. The topological polar surface area (TPSA) is 87.1 Å². The second-order valence-electron chi connectivity index (χ2n) is 5.57. The molecular weight excluding hydrogens is 204 g/mol. The molecule has 16 heavy (non-hydrogen) atoms. The summed E-state index contributed by atoms with van der Waals surface area (Å²) in [6, 6.07) is 2.01. The van der Waals surface area contributed by atoms with Gasteiger partial charge in [0.05, 0.1) is 6.07 Å². The lowest BCUT2D eigenvalue weighted by atomic mass is 9.60.